The highest BCUT2D eigenvalue weighted by molar-refractivity contribution is 5.83. The lowest BCUT2D eigenvalue weighted by Gasteiger charge is -2.31. The van der Waals surface area contributed by atoms with Crippen LogP contribution >= 0.6 is 0 Å². The van der Waals surface area contributed by atoms with Crippen molar-refractivity contribution in [1.82, 2.24) is 24.7 Å². The highest BCUT2D eigenvalue weighted by Gasteiger charge is 2.28. The number of hydrogen-bond acceptors (Lipinski definition) is 7. The van der Waals surface area contributed by atoms with E-state index in [-0.39, 0.29) is 5.69 Å². The molecule has 1 atom stereocenters. The maximum atomic E-state index is 14.1. The number of aromatic nitrogens is 5. The summed E-state index contributed by atoms with van der Waals surface area (Å²) in [7, 11) is 0. The molecule has 0 saturated carbocycles. The summed E-state index contributed by atoms with van der Waals surface area (Å²) in [6.07, 6.45) is 5.48. The van der Waals surface area contributed by atoms with Crippen molar-refractivity contribution < 1.29 is 27.8 Å². The van der Waals surface area contributed by atoms with Crippen molar-refractivity contribution in [3.63, 3.8) is 0 Å². The first-order chi connectivity index (χ1) is 18.5. The third kappa shape index (κ3) is 5.62. The van der Waals surface area contributed by atoms with E-state index in [4.69, 9.17) is 9.97 Å². The monoisotopic (exact) mass is 542 g/mol. The average Bonchev–Trinajstić information content (AvgIpc) is 3.39. The van der Waals surface area contributed by atoms with E-state index in [9.17, 15) is 27.8 Å². The Morgan fingerprint density at radius 3 is 2.41 bits per heavy atom. The Morgan fingerprint density at radius 2 is 1.77 bits per heavy atom. The lowest BCUT2D eigenvalue weighted by molar-refractivity contribution is -0.0516. The molecular formula is C27H26F4N6O2. The van der Waals surface area contributed by atoms with Gasteiger partial charge in [-0.25, -0.2) is 23.4 Å². The van der Waals surface area contributed by atoms with E-state index < -0.39 is 29.9 Å². The third-order valence-corrected chi connectivity index (χ3v) is 6.60. The van der Waals surface area contributed by atoms with E-state index in [0.29, 0.717) is 64.3 Å². The minimum atomic E-state index is -2.83. The van der Waals surface area contributed by atoms with E-state index in [1.54, 1.807) is 6.08 Å². The van der Waals surface area contributed by atoms with Crippen LogP contribution in [0, 0.1) is 11.6 Å². The topological polar surface area (TPSA) is 100 Å². The second-order valence-corrected chi connectivity index (χ2v) is 9.99. The van der Waals surface area contributed by atoms with Gasteiger partial charge in [0.15, 0.2) is 5.82 Å². The smallest absolute Gasteiger partial charge is 0.333 e. The maximum absolute atomic E-state index is 14.1. The van der Waals surface area contributed by atoms with Crippen LogP contribution in [0.4, 0.5) is 23.4 Å². The van der Waals surface area contributed by atoms with Gasteiger partial charge in [-0.3, -0.25) is 4.98 Å². The lowest BCUT2D eigenvalue weighted by Crippen LogP contribution is -2.32. The number of alkyl halides is 2. The van der Waals surface area contributed by atoms with Crippen LogP contribution in [0.25, 0.3) is 28.4 Å². The predicted octanol–water partition coefficient (Wildman–Crippen LogP) is 5.05. The number of nitrogens with zero attached hydrogens (tertiary/aromatic N) is 6. The number of anilines is 1. The zero-order valence-electron chi connectivity index (χ0n) is 21.2. The zero-order chi connectivity index (χ0) is 27.9. The number of halogens is 4. The lowest BCUT2D eigenvalue weighted by atomic mass is 9.98. The van der Waals surface area contributed by atoms with Gasteiger partial charge in [0, 0.05) is 36.5 Å². The summed E-state index contributed by atoms with van der Waals surface area (Å²) in [6.45, 7) is 1.06. The van der Waals surface area contributed by atoms with Gasteiger partial charge in [0.1, 0.15) is 28.9 Å². The van der Waals surface area contributed by atoms with Gasteiger partial charge < -0.3 is 15.1 Å². The van der Waals surface area contributed by atoms with Gasteiger partial charge in [0.25, 0.3) is 0 Å². The van der Waals surface area contributed by atoms with Gasteiger partial charge in [0.2, 0.25) is 0 Å². The van der Waals surface area contributed by atoms with Crippen LogP contribution in [-0.4, -0.2) is 53.6 Å². The summed E-state index contributed by atoms with van der Waals surface area (Å²) in [6, 6.07) is 4.96. The first-order valence-corrected chi connectivity index (χ1v) is 12.3. The second kappa shape index (κ2) is 10.3. The molecule has 1 aliphatic rings. The minimum Gasteiger partial charge on any atom is -0.387 e. The van der Waals surface area contributed by atoms with Crippen LogP contribution in [0.5, 0.6) is 0 Å². The molecule has 1 unspecified atom stereocenters. The van der Waals surface area contributed by atoms with Crippen LogP contribution in [0.15, 0.2) is 48.4 Å². The van der Waals surface area contributed by atoms with Crippen LogP contribution in [0.1, 0.15) is 50.6 Å². The largest absolute Gasteiger partial charge is 0.387 e. The summed E-state index contributed by atoms with van der Waals surface area (Å²) in [5.41, 5.74) is 1.44. The number of fused-ring (bicyclic) bond motifs is 1. The van der Waals surface area contributed by atoms with Crippen LogP contribution in [0.2, 0.25) is 0 Å². The molecular weight excluding hydrogens is 516 g/mol. The molecule has 0 radical (unpaired) electrons. The second-order valence-electron chi connectivity index (χ2n) is 9.99. The Hall–Kier alpha value is -3.90. The molecule has 4 aromatic rings. The Morgan fingerprint density at radius 1 is 1.03 bits per heavy atom. The fourth-order valence-electron chi connectivity index (χ4n) is 4.45. The summed E-state index contributed by atoms with van der Waals surface area (Å²) in [5.74, 6) is -0.829. The van der Waals surface area contributed by atoms with Gasteiger partial charge in [-0.2, -0.15) is 13.9 Å². The molecule has 1 aromatic carbocycles. The molecule has 1 saturated heterocycles. The highest BCUT2D eigenvalue weighted by atomic mass is 19.3. The Balaban J connectivity index is 1.50. The molecule has 0 spiro atoms. The normalized spacial score (nSPS) is 15.3. The molecule has 2 N–H and O–H groups in total. The number of benzene rings is 1. The Kier molecular flexibility index (Phi) is 7.08. The first-order valence-electron chi connectivity index (χ1n) is 12.3. The molecule has 0 aliphatic carbocycles. The van der Waals surface area contributed by atoms with Crippen LogP contribution < -0.4 is 4.90 Å². The molecule has 0 amide bonds. The number of pyridine rings is 1. The minimum absolute atomic E-state index is 0.187. The highest BCUT2D eigenvalue weighted by Crippen LogP contribution is 2.34. The van der Waals surface area contributed by atoms with E-state index in [1.807, 2.05) is 4.90 Å². The number of rotatable bonds is 6. The summed E-state index contributed by atoms with van der Waals surface area (Å²) in [5, 5.41) is 24.4. The van der Waals surface area contributed by atoms with Gasteiger partial charge in [-0.1, -0.05) is 11.6 Å². The maximum Gasteiger partial charge on any atom is 0.333 e. The molecule has 3 aromatic heterocycles. The zero-order valence-corrected chi connectivity index (χ0v) is 21.2. The van der Waals surface area contributed by atoms with E-state index >= 15 is 0 Å². The van der Waals surface area contributed by atoms with E-state index in [1.165, 1.54) is 50.6 Å². The SMILES string of the molecule is CC(C)(O)C(O)c1cc2nc(-c3cnn(C(F)F)c3)c(N3CCC(=Cc4ccc(F)cc4F)CC3)nc2cn1. The molecule has 1 fully saturated rings. The fraction of sp³-hybridized carbons (Fsp3) is 0.333. The Bertz CT molecular complexity index is 1540. The summed E-state index contributed by atoms with van der Waals surface area (Å²) in [4.78, 5) is 15.6. The van der Waals surface area contributed by atoms with Crippen molar-refractivity contribution in [2.75, 3.05) is 18.0 Å². The van der Waals surface area contributed by atoms with Gasteiger partial charge in [0.05, 0.1) is 29.2 Å². The molecule has 4 heterocycles. The molecule has 204 valence electrons. The van der Waals surface area contributed by atoms with Gasteiger partial charge in [-0.15, -0.1) is 0 Å². The fourth-order valence-corrected chi connectivity index (χ4v) is 4.45. The standard InChI is InChI=1S/C27H26F4N6O2/c1-27(2,39)24(38)21-11-20-22(13-32-21)35-25(23(34-20)17-12-33-37(14-17)26(30)31)36-7-5-15(6-8-36)9-16-3-4-18(28)10-19(16)29/h3-4,9-14,24,26,38-39H,5-8H2,1-2H3. The van der Waals surface area contributed by atoms with Crippen molar-refractivity contribution in [2.24, 2.45) is 0 Å². The molecule has 8 nitrogen and oxygen atoms in total. The number of aliphatic hydroxyl groups is 2. The number of piperidine rings is 1. The van der Waals surface area contributed by atoms with Crippen molar-refractivity contribution in [2.45, 2.75) is 44.9 Å². The summed E-state index contributed by atoms with van der Waals surface area (Å²) >= 11 is 0. The van der Waals surface area contributed by atoms with Crippen LogP contribution in [-0.2, 0) is 0 Å². The quantitative estimate of drug-likeness (QED) is 0.329. The van der Waals surface area contributed by atoms with Gasteiger partial charge >= 0.3 is 6.55 Å². The van der Waals surface area contributed by atoms with Crippen LogP contribution in [0.3, 0.4) is 0 Å². The number of aliphatic hydroxyl groups excluding tert-OH is 1. The van der Waals surface area contributed by atoms with Crippen molar-refractivity contribution in [3.8, 4) is 11.3 Å². The Labute approximate surface area is 221 Å². The molecule has 1 aliphatic heterocycles. The predicted molar refractivity (Wildman–Crippen MR) is 137 cm³/mol. The molecule has 39 heavy (non-hydrogen) atoms. The first kappa shape index (κ1) is 26.7. The molecule has 5 rings (SSSR count). The van der Waals surface area contributed by atoms with E-state index in [0.717, 1.165) is 11.6 Å². The summed E-state index contributed by atoms with van der Waals surface area (Å²) < 4.78 is 54.5. The van der Waals surface area contributed by atoms with E-state index in [2.05, 4.69) is 10.1 Å². The average molecular weight is 543 g/mol. The molecule has 0 bridgehead atoms. The van der Waals surface area contributed by atoms with Crippen molar-refractivity contribution in [1.29, 1.82) is 0 Å². The van der Waals surface area contributed by atoms with Gasteiger partial charge in [-0.05, 0) is 44.9 Å². The number of hydrogen-bond donors (Lipinski definition) is 2. The third-order valence-electron chi connectivity index (χ3n) is 6.60. The van der Waals surface area contributed by atoms with Crippen molar-refractivity contribution >= 4 is 22.9 Å². The molecule has 12 heteroatoms. The van der Waals surface area contributed by atoms with Crippen molar-refractivity contribution in [3.05, 3.63) is 71.3 Å².